The SMILES string of the molecule is Fc1ccc(-c2cnn3c2NCCC3c2ccsc2)cc1. The average molecular weight is 299 g/mol. The number of benzene rings is 1. The lowest BCUT2D eigenvalue weighted by Gasteiger charge is -2.26. The van der Waals surface area contributed by atoms with Gasteiger partial charge in [-0.1, -0.05) is 12.1 Å². The molecule has 0 aliphatic carbocycles. The van der Waals surface area contributed by atoms with Crippen molar-refractivity contribution in [1.82, 2.24) is 9.78 Å². The second-order valence-corrected chi connectivity index (χ2v) is 5.93. The van der Waals surface area contributed by atoms with E-state index in [1.54, 1.807) is 23.5 Å². The van der Waals surface area contributed by atoms with E-state index < -0.39 is 0 Å². The fourth-order valence-corrected chi connectivity index (χ4v) is 3.54. The van der Waals surface area contributed by atoms with Crippen LogP contribution in [-0.2, 0) is 0 Å². The zero-order chi connectivity index (χ0) is 14.2. The molecular weight excluding hydrogens is 285 g/mol. The summed E-state index contributed by atoms with van der Waals surface area (Å²) in [4.78, 5) is 0. The van der Waals surface area contributed by atoms with Crippen molar-refractivity contribution in [1.29, 1.82) is 0 Å². The Morgan fingerprint density at radius 3 is 2.86 bits per heavy atom. The van der Waals surface area contributed by atoms with Crippen molar-refractivity contribution in [2.45, 2.75) is 12.5 Å². The third-order valence-corrected chi connectivity index (χ3v) is 4.59. The minimum atomic E-state index is -0.219. The van der Waals surface area contributed by atoms with Gasteiger partial charge in [-0.3, -0.25) is 0 Å². The highest BCUT2D eigenvalue weighted by Crippen LogP contribution is 2.36. The van der Waals surface area contributed by atoms with Gasteiger partial charge in [-0.2, -0.15) is 16.4 Å². The van der Waals surface area contributed by atoms with Gasteiger partial charge in [0.2, 0.25) is 0 Å². The maximum Gasteiger partial charge on any atom is 0.132 e. The van der Waals surface area contributed by atoms with E-state index >= 15 is 0 Å². The maximum absolute atomic E-state index is 13.1. The van der Waals surface area contributed by atoms with E-state index in [9.17, 15) is 4.39 Å². The van der Waals surface area contributed by atoms with Crippen molar-refractivity contribution in [2.24, 2.45) is 0 Å². The summed E-state index contributed by atoms with van der Waals surface area (Å²) in [5, 5.41) is 12.3. The molecule has 3 heterocycles. The Labute approximate surface area is 126 Å². The predicted molar refractivity (Wildman–Crippen MR) is 83.2 cm³/mol. The standard InChI is InChI=1S/C16H14FN3S/c17-13-3-1-11(2-4-13)14-9-19-20-15(5-7-18-16(14)20)12-6-8-21-10-12/h1-4,6,8-10,15,18H,5,7H2. The lowest BCUT2D eigenvalue weighted by molar-refractivity contribution is 0.483. The first kappa shape index (κ1) is 12.6. The van der Waals surface area contributed by atoms with Crippen LogP contribution < -0.4 is 5.32 Å². The third kappa shape index (κ3) is 2.14. The molecule has 1 aromatic carbocycles. The fourth-order valence-electron chi connectivity index (χ4n) is 2.84. The van der Waals surface area contributed by atoms with Crippen LogP contribution in [0.4, 0.5) is 10.2 Å². The van der Waals surface area contributed by atoms with Gasteiger partial charge in [0.15, 0.2) is 0 Å². The Morgan fingerprint density at radius 1 is 1.24 bits per heavy atom. The van der Waals surface area contributed by atoms with Crippen LogP contribution in [0, 0.1) is 5.82 Å². The number of hydrogen-bond donors (Lipinski definition) is 1. The van der Waals surface area contributed by atoms with E-state index in [-0.39, 0.29) is 11.9 Å². The fraction of sp³-hybridized carbons (Fsp3) is 0.188. The van der Waals surface area contributed by atoms with E-state index in [0.29, 0.717) is 0 Å². The van der Waals surface area contributed by atoms with E-state index in [4.69, 9.17) is 0 Å². The summed E-state index contributed by atoms with van der Waals surface area (Å²) in [6.45, 7) is 0.917. The van der Waals surface area contributed by atoms with Gasteiger partial charge in [0.25, 0.3) is 0 Å². The molecule has 5 heteroatoms. The highest BCUT2D eigenvalue weighted by molar-refractivity contribution is 7.07. The molecule has 0 saturated carbocycles. The van der Waals surface area contributed by atoms with Gasteiger partial charge in [-0.25, -0.2) is 9.07 Å². The Hall–Kier alpha value is -2.14. The van der Waals surface area contributed by atoms with Crippen LogP contribution in [0.15, 0.2) is 47.3 Å². The Kier molecular flexibility index (Phi) is 3.00. The molecule has 1 aliphatic rings. The molecular formula is C16H14FN3S. The van der Waals surface area contributed by atoms with Gasteiger partial charge in [-0.15, -0.1) is 0 Å². The van der Waals surface area contributed by atoms with Crippen LogP contribution in [0.3, 0.4) is 0 Å². The summed E-state index contributed by atoms with van der Waals surface area (Å²) >= 11 is 1.71. The minimum absolute atomic E-state index is 0.219. The Bertz CT molecular complexity index is 746. The Balaban J connectivity index is 1.78. The molecule has 1 aliphatic heterocycles. The molecule has 21 heavy (non-hydrogen) atoms. The van der Waals surface area contributed by atoms with Crippen LogP contribution in [-0.4, -0.2) is 16.3 Å². The number of thiophene rings is 1. The molecule has 3 aromatic rings. The number of hydrogen-bond acceptors (Lipinski definition) is 3. The first-order valence-corrected chi connectivity index (χ1v) is 7.86. The molecule has 0 bridgehead atoms. The topological polar surface area (TPSA) is 29.9 Å². The van der Waals surface area contributed by atoms with Gasteiger partial charge in [0, 0.05) is 12.1 Å². The van der Waals surface area contributed by atoms with Crippen molar-refractivity contribution >= 4 is 17.2 Å². The highest BCUT2D eigenvalue weighted by atomic mass is 32.1. The molecule has 1 atom stereocenters. The third-order valence-electron chi connectivity index (χ3n) is 3.88. The van der Waals surface area contributed by atoms with Crippen LogP contribution in [0.5, 0.6) is 0 Å². The summed E-state index contributed by atoms with van der Waals surface area (Å²) in [5.41, 5.74) is 3.31. The number of nitrogens with zero attached hydrogens (tertiary/aromatic N) is 2. The number of aromatic nitrogens is 2. The number of nitrogens with one attached hydrogen (secondary N) is 1. The molecule has 106 valence electrons. The number of rotatable bonds is 2. The summed E-state index contributed by atoms with van der Waals surface area (Å²) in [6, 6.07) is 8.99. The van der Waals surface area contributed by atoms with Crippen molar-refractivity contribution in [3.8, 4) is 11.1 Å². The molecule has 1 N–H and O–H groups in total. The van der Waals surface area contributed by atoms with E-state index in [1.165, 1.54) is 17.7 Å². The van der Waals surface area contributed by atoms with Crippen molar-refractivity contribution in [2.75, 3.05) is 11.9 Å². The molecule has 0 fully saturated rings. The van der Waals surface area contributed by atoms with Gasteiger partial charge in [0.1, 0.15) is 11.6 Å². The molecule has 0 saturated heterocycles. The molecule has 0 spiro atoms. The summed E-state index contributed by atoms with van der Waals surface area (Å²) in [7, 11) is 0. The summed E-state index contributed by atoms with van der Waals surface area (Å²) in [5.74, 6) is 0.799. The van der Waals surface area contributed by atoms with Crippen LogP contribution in [0.1, 0.15) is 18.0 Å². The molecule has 0 amide bonds. The number of halogens is 1. The number of fused-ring (bicyclic) bond motifs is 1. The van der Waals surface area contributed by atoms with Gasteiger partial charge in [0.05, 0.1) is 12.2 Å². The maximum atomic E-state index is 13.1. The lowest BCUT2D eigenvalue weighted by Crippen LogP contribution is -2.24. The second kappa shape index (κ2) is 5.00. The first-order valence-electron chi connectivity index (χ1n) is 6.92. The molecule has 0 radical (unpaired) electrons. The zero-order valence-electron chi connectivity index (χ0n) is 11.3. The van der Waals surface area contributed by atoms with Crippen LogP contribution >= 0.6 is 11.3 Å². The van der Waals surface area contributed by atoms with Gasteiger partial charge < -0.3 is 5.32 Å². The monoisotopic (exact) mass is 299 g/mol. The number of anilines is 1. The lowest BCUT2D eigenvalue weighted by atomic mass is 10.0. The average Bonchev–Trinajstić information content (AvgIpc) is 3.17. The second-order valence-electron chi connectivity index (χ2n) is 5.15. The normalized spacial score (nSPS) is 17.3. The van der Waals surface area contributed by atoms with Crippen molar-refractivity contribution in [3.63, 3.8) is 0 Å². The summed E-state index contributed by atoms with van der Waals surface area (Å²) < 4.78 is 15.1. The van der Waals surface area contributed by atoms with E-state index in [2.05, 4.69) is 27.2 Å². The Morgan fingerprint density at radius 2 is 2.10 bits per heavy atom. The van der Waals surface area contributed by atoms with E-state index in [1.807, 2.05) is 10.9 Å². The van der Waals surface area contributed by atoms with Crippen molar-refractivity contribution in [3.05, 3.63) is 58.7 Å². The van der Waals surface area contributed by atoms with Crippen molar-refractivity contribution < 1.29 is 4.39 Å². The van der Waals surface area contributed by atoms with Gasteiger partial charge in [-0.05, 0) is 46.5 Å². The van der Waals surface area contributed by atoms with E-state index in [0.717, 1.165) is 29.9 Å². The van der Waals surface area contributed by atoms with Gasteiger partial charge >= 0.3 is 0 Å². The molecule has 1 unspecified atom stereocenters. The summed E-state index contributed by atoms with van der Waals surface area (Å²) in [6.07, 6.45) is 2.88. The first-order chi connectivity index (χ1) is 10.3. The molecule has 3 nitrogen and oxygen atoms in total. The largest absolute Gasteiger partial charge is 0.370 e. The quantitative estimate of drug-likeness (QED) is 0.770. The highest BCUT2D eigenvalue weighted by Gasteiger charge is 2.25. The smallest absolute Gasteiger partial charge is 0.132 e. The minimum Gasteiger partial charge on any atom is -0.370 e. The van der Waals surface area contributed by atoms with Crippen LogP contribution in [0.25, 0.3) is 11.1 Å². The zero-order valence-corrected chi connectivity index (χ0v) is 12.1. The molecule has 4 rings (SSSR count). The predicted octanol–water partition coefficient (Wildman–Crippen LogP) is 4.16. The molecule has 2 aromatic heterocycles. The van der Waals surface area contributed by atoms with Crippen LogP contribution in [0.2, 0.25) is 0 Å².